The molecular weight excluding hydrogens is 350 g/mol. The highest BCUT2D eigenvalue weighted by Gasteiger charge is 2.43. The Morgan fingerprint density at radius 2 is 2.00 bits per heavy atom. The van der Waals surface area contributed by atoms with E-state index in [0.29, 0.717) is 5.56 Å². The summed E-state index contributed by atoms with van der Waals surface area (Å²) in [5.41, 5.74) is 1.84. The molecule has 0 saturated carbocycles. The van der Waals surface area contributed by atoms with Gasteiger partial charge >= 0.3 is 12.6 Å². The largest absolute Gasteiger partial charge is 0.435 e. The highest BCUT2D eigenvalue weighted by atomic mass is 19.3. The maximum absolute atomic E-state index is 12.0. The molecule has 0 unspecified atom stereocenters. The molecule has 0 radical (unpaired) electrons. The van der Waals surface area contributed by atoms with Crippen molar-refractivity contribution in [2.24, 2.45) is 5.10 Å². The molecule has 0 atom stereocenters. The highest BCUT2D eigenvalue weighted by Crippen LogP contribution is 2.16. The topological polar surface area (TPSA) is 100 Å². The third-order valence-corrected chi connectivity index (χ3v) is 3.52. The molecule has 0 aromatic heterocycles. The predicted octanol–water partition coefficient (Wildman–Crippen LogP) is 1.46. The molecule has 4 amide bonds. The second kappa shape index (κ2) is 7.89. The maximum Gasteiger partial charge on any atom is 0.387 e. The van der Waals surface area contributed by atoms with E-state index in [9.17, 15) is 23.2 Å². The highest BCUT2D eigenvalue weighted by molar-refractivity contribution is 6.06. The molecule has 1 aliphatic heterocycles. The first-order valence-electron chi connectivity index (χ1n) is 7.70. The van der Waals surface area contributed by atoms with Crippen molar-refractivity contribution in [2.75, 3.05) is 6.54 Å². The van der Waals surface area contributed by atoms with Crippen molar-refractivity contribution in [1.29, 1.82) is 0 Å². The van der Waals surface area contributed by atoms with Crippen molar-refractivity contribution >= 4 is 24.1 Å². The molecule has 26 heavy (non-hydrogen) atoms. The minimum Gasteiger partial charge on any atom is -0.435 e. The SMILES string of the molecule is CC1(C)NC(=O)N(CCC(=O)N/N=C\c2ccc(OC(F)F)cc2)C1=O. The van der Waals surface area contributed by atoms with Gasteiger partial charge in [0.05, 0.1) is 6.21 Å². The lowest BCUT2D eigenvalue weighted by Crippen LogP contribution is -2.40. The standard InChI is InChI=1S/C16H18F2N4O4/c1-16(2)13(24)22(15(25)20-16)8-7-12(23)21-19-9-10-3-5-11(6-4-10)26-14(17)18/h3-6,9,14H,7-8H2,1-2H3,(H,20,25)(H,21,23)/b19-9-. The van der Waals surface area contributed by atoms with Crippen LogP contribution in [0.1, 0.15) is 25.8 Å². The van der Waals surface area contributed by atoms with E-state index >= 15 is 0 Å². The van der Waals surface area contributed by atoms with Crippen LogP contribution < -0.4 is 15.5 Å². The van der Waals surface area contributed by atoms with Gasteiger partial charge in [-0.1, -0.05) is 0 Å². The third kappa shape index (κ3) is 4.98. The number of alkyl halides is 2. The number of carbonyl (C=O) groups excluding carboxylic acids is 3. The lowest BCUT2D eigenvalue weighted by atomic mass is 10.1. The molecule has 1 aliphatic rings. The van der Waals surface area contributed by atoms with Gasteiger partial charge in [0.15, 0.2) is 0 Å². The van der Waals surface area contributed by atoms with Gasteiger partial charge in [-0.05, 0) is 43.7 Å². The first-order valence-corrected chi connectivity index (χ1v) is 7.70. The summed E-state index contributed by atoms with van der Waals surface area (Å²) < 4.78 is 28.3. The average Bonchev–Trinajstić information content (AvgIpc) is 2.74. The van der Waals surface area contributed by atoms with Crippen LogP contribution in [-0.2, 0) is 9.59 Å². The molecule has 140 valence electrons. The van der Waals surface area contributed by atoms with Gasteiger partial charge in [-0.2, -0.15) is 13.9 Å². The lowest BCUT2D eigenvalue weighted by Gasteiger charge is -2.15. The molecule has 0 aliphatic carbocycles. The molecule has 1 heterocycles. The van der Waals surface area contributed by atoms with Gasteiger partial charge in [-0.15, -0.1) is 0 Å². The van der Waals surface area contributed by atoms with Crippen molar-refractivity contribution in [3.63, 3.8) is 0 Å². The van der Waals surface area contributed by atoms with Crippen LogP contribution >= 0.6 is 0 Å². The summed E-state index contributed by atoms with van der Waals surface area (Å²) in [5, 5.41) is 6.24. The van der Waals surface area contributed by atoms with E-state index in [1.807, 2.05) is 0 Å². The van der Waals surface area contributed by atoms with Crippen molar-refractivity contribution in [3.8, 4) is 5.75 Å². The van der Waals surface area contributed by atoms with E-state index in [2.05, 4.69) is 20.6 Å². The Labute approximate surface area is 148 Å². The number of ether oxygens (including phenoxy) is 1. The van der Waals surface area contributed by atoms with E-state index in [0.717, 1.165) is 4.90 Å². The van der Waals surface area contributed by atoms with E-state index in [-0.39, 0.29) is 18.7 Å². The third-order valence-electron chi connectivity index (χ3n) is 3.52. The minimum absolute atomic E-state index is 0.0117. The molecule has 0 bridgehead atoms. The summed E-state index contributed by atoms with van der Waals surface area (Å²) in [5.74, 6) is -0.869. The fourth-order valence-corrected chi connectivity index (χ4v) is 2.20. The smallest absolute Gasteiger partial charge is 0.387 e. The van der Waals surface area contributed by atoms with Gasteiger partial charge in [0.25, 0.3) is 5.91 Å². The Balaban J connectivity index is 1.79. The maximum atomic E-state index is 12.0. The Hall–Kier alpha value is -3.04. The summed E-state index contributed by atoms with van der Waals surface area (Å²) in [7, 11) is 0. The van der Waals surface area contributed by atoms with Crippen LogP contribution in [0.2, 0.25) is 0 Å². The van der Waals surface area contributed by atoms with Crippen LogP contribution in [0.15, 0.2) is 29.4 Å². The normalized spacial score (nSPS) is 16.3. The van der Waals surface area contributed by atoms with Crippen LogP contribution in [0.3, 0.4) is 0 Å². The fourth-order valence-electron chi connectivity index (χ4n) is 2.20. The summed E-state index contributed by atoms with van der Waals surface area (Å²) in [6.07, 6.45) is 1.22. The monoisotopic (exact) mass is 368 g/mol. The number of nitrogens with zero attached hydrogens (tertiary/aromatic N) is 2. The Morgan fingerprint density at radius 3 is 2.54 bits per heavy atom. The van der Waals surface area contributed by atoms with Gasteiger partial charge in [0, 0.05) is 13.0 Å². The summed E-state index contributed by atoms with van der Waals surface area (Å²) in [6.45, 7) is 0.198. The van der Waals surface area contributed by atoms with Crippen molar-refractivity contribution in [3.05, 3.63) is 29.8 Å². The van der Waals surface area contributed by atoms with Crippen molar-refractivity contribution in [2.45, 2.75) is 32.4 Å². The summed E-state index contributed by atoms with van der Waals surface area (Å²) in [6, 6.07) is 5.12. The molecular formula is C16H18F2N4O4. The number of hydrogen-bond donors (Lipinski definition) is 2. The Kier molecular flexibility index (Phi) is 5.86. The zero-order chi connectivity index (χ0) is 19.3. The quantitative estimate of drug-likeness (QED) is 0.432. The number of urea groups is 1. The van der Waals surface area contributed by atoms with Crippen LogP contribution in [0.5, 0.6) is 5.75 Å². The van der Waals surface area contributed by atoms with E-state index in [4.69, 9.17) is 0 Å². The molecule has 1 saturated heterocycles. The fraction of sp³-hybridized carbons (Fsp3) is 0.375. The van der Waals surface area contributed by atoms with Gasteiger partial charge in [0.2, 0.25) is 5.91 Å². The minimum atomic E-state index is -2.90. The molecule has 2 N–H and O–H groups in total. The average molecular weight is 368 g/mol. The van der Waals surface area contributed by atoms with Crippen LogP contribution in [0, 0.1) is 0 Å². The second-order valence-electron chi connectivity index (χ2n) is 6.00. The summed E-state index contributed by atoms with van der Waals surface area (Å²) >= 11 is 0. The Bertz CT molecular complexity index is 719. The van der Waals surface area contributed by atoms with Gasteiger partial charge in [-0.3, -0.25) is 14.5 Å². The lowest BCUT2D eigenvalue weighted by molar-refractivity contribution is -0.130. The molecule has 1 aromatic rings. The molecule has 1 fully saturated rings. The predicted molar refractivity (Wildman–Crippen MR) is 87.8 cm³/mol. The first kappa shape index (κ1) is 19.3. The van der Waals surface area contributed by atoms with Crippen molar-refractivity contribution < 1.29 is 27.9 Å². The number of halogens is 2. The number of amides is 4. The number of rotatable bonds is 7. The van der Waals surface area contributed by atoms with Crippen LogP contribution in [0.25, 0.3) is 0 Å². The van der Waals surface area contributed by atoms with E-state index in [1.165, 1.54) is 30.5 Å². The van der Waals surface area contributed by atoms with E-state index in [1.54, 1.807) is 13.8 Å². The zero-order valence-corrected chi connectivity index (χ0v) is 14.2. The van der Waals surface area contributed by atoms with E-state index < -0.39 is 30.0 Å². The Morgan fingerprint density at radius 1 is 1.35 bits per heavy atom. The van der Waals surface area contributed by atoms with Crippen molar-refractivity contribution in [1.82, 2.24) is 15.6 Å². The van der Waals surface area contributed by atoms with Crippen LogP contribution in [0.4, 0.5) is 13.6 Å². The summed E-state index contributed by atoms with van der Waals surface area (Å²) in [4.78, 5) is 36.4. The number of carbonyl (C=O) groups is 3. The molecule has 0 spiro atoms. The van der Waals surface area contributed by atoms with Gasteiger partial charge in [-0.25, -0.2) is 10.2 Å². The van der Waals surface area contributed by atoms with Gasteiger partial charge in [0.1, 0.15) is 11.3 Å². The van der Waals surface area contributed by atoms with Gasteiger partial charge < -0.3 is 10.1 Å². The number of nitrogens with one attached hydrogen (secondary N) is 2. The van der Waals surface area contributed by atoms with Crippen LogP contribution in [-0.4, -0.2) is 47.7 Å². The zero-order valence-electron chi connectivity index (χ0n) is 14.2. The number of imide groups is 1. The molecule has 10 heteroatoms. The number of hydrogen-bond acceptors (Lipinski definition) is 5. The molecule has 8 nitrogen and oxygen atoms in total. The molecule has 1 aromatic carbocycles. The number of hydrazone groups is 1. The second-order valence-corrected chi connectivity index (χ2v) is 6.00. The molecule has 2 rings (SSSR count). The number of benzene rings is 1. The first-order chi connectivity index (χ1) is 12.2.